The van der Waals surface area contributed by atoms with Crippen LogP contribution in [0.4, 0.5) is 5.69 Å². The molecule has 0 bridgehead atoms. The van der Waals surface area contributed by atoms with Gasteiger partial charge in [-0.3, -0.25) is 9.59 Å². The van der Waals surface area contributed by atoms with Gasteiger partial charge in [-0.15, -0.1) is 17.9 Å². The summed E-state index contributed by atoms with van der Waals surface area (Å²) in [6.45, 7) is 8.58. The maximum atomic E-state index is 14.1. The third-order valence-corrected chi connectivity index (χ3v) is 8.30. The molecule has 0 radical (unpaired) electrons. The second-order valence-corrected chi connectivity index (χ2v) is 11.2. The van der Waals surface area contributed by atoms with Crippen LogP contribution < -0.4 is 21.1 Å². The van der Waals surface area contributed by atoms with Crippen LogP contribution in [0.1, 0.15) is 60.0 Å². The fourth-order valence-electron chi connectivity index (χ4n) is 5.22. The summed E-state index contributed by atoms with van der Waals surface area (Å²) in [5, 5.41) is 17.9. The van der Waals surface area contributed by atoms with Crippen molar-refractivity contribution in [1.82, 2.24) is 10.3 Å². The van der Waals surface area contributed by atoms with Crippen LogP contribution in [0.5, 0.6) is 5.75 Å². The number of aromatic nitrogens is 1. The lowest BCUT2D eigenvalue weighted by molar-refractivity contribution is 0.0691. The summed E-state index contributed by atoms with van der Waals surface area (Å²) in [6, 6.07) is 12.3. The number of carbonyl (C=O) groups excluding carboxylic acids is 2. The number of pyridine rings is 1. The molecule has 9 nitrogen and oxygen atoms in total. The summed E-state index contributed by atoms with van der Waals surface area (Å²) in [7, 11) is 0. The Morgan fingerprint density at radius 2 is 1.84 bits per heavy atom. The molecule has 0 aliphatic carbocycles. The SMILES string of the molecule is C=CCCNC(=O)c1ccc(-c2cc3c(cc2C(=O)Nc2c(C)cc(CN)cc2C)-c2sccc2CCO3)c(C(=O)O)n1. The second-order valence-electron chi connectivity index (χ2n) is 10.3. The van der Waals surface area contributed by atoms with Crippen LogP contribution in [-0.2, 0) is 13.0 Å². The highest BCUT2D eigenvalue weighted by atomic mass is 32.1. The van der Waals surface area contributed by atoms with Gasteiger partial charge in [0.15, 0.2) is 5.69 Å². The van der Waals surface area contributed by atoms with E-state index in [2.05, 4.69) is 22.2 Å². The van der Waals surface area contributed by atoms with Gasteiger partial charge < -0.3 is 26.2 Å². The lowest BCUT2D eigenvalue weighted by Crippen LogP contribution is -2.26. The molecule has 0 saturated heterocycles. The monoisotopic (exact) mass is 596 g/mol. The number of rotatable bonds is 9. The van der Waals surface area contributed by atoms with Gasteiger partial charge in [0.05, 0.1) is 6.61 Å². The lowest BCUT2D eigenvalue weighted by Gasteiger charge is -2.18. The number of benzene rings is 2. The van der Waals surface area contributed by atoms with Crippen molar-refractivity contribution in [2.75, 3.05) is 18.5 Å². The molecular weight excluding hydrogens is 564 g/mol. The first-order valence-electron chi connectivity index (χ1n) is 13.8. The molecule has 0 spiro atoms. The molecule has 220 valence electrons. The Kier molecular flexibility index (Phi) is 8.70. The Bertz CT molecular complexity index is 1740. The van der Waals surface area contributed by atoms with E-state index in [0.717, 1.165) is 32.7 Å². The largest absolute Gasteiger partial charge is 0.493 e. The number of aromatic carboxylic acids is 1. The number of nitrogens with two attached hydrogens (primary N) is 1. The number of anilines is 1. The number of amides is 2. The Balaban J connectivity index is 1.66. The topological polar surface area (TPSA) is 144 Å². The molecule has 5 rings (SSSR count). The highest BCUT2D eigenvalue weighted by Crippen LogP contribution is 2.43. The summed E-state index contributed by atoms with van der Waals surface area (Å²) in [4.78, 5) is 44.4. The summed E-state index contributed by atoms with van der Waals surface area (Å²) in [6.07, 6.45) is 2.93. The zero-order valence-electron chi connectivity index (χ0n) is 24.0. The predicted octanol–water partition coefficient (Wildman–Crippen LogP) is 5.74. The van der Waals surface area contributed by atoms with E-state index in [0.29, 0.717) is 49.5 Å². The van der Waals surface area contributed by atoms with Gasteiger partial charge in [-0.1, -0.05) is 18.2 Å². The normalized spacial score (nSPS) is 11.9. The van der Waals surface area contributed by atoms with Crippen molar-refractivity contribution < 1.29 is 24.2 Å². The Labute approximate surface area is 253 Å². The first kappa shape index (κ1) is 29.7. The van der Waals surface area contributed by atoms with Crippen molar-refractivity contribution in [3.63, 3.8) is 0 Å². The summed E-state index contributed by atoms with van der Waals surface area (Å²) in [5.41, 5.74) is 11.4. The average molecular weight is 597 g/mol. The number of carbonyl (C=O) groups is 3. The quantitative estimate of drug-likeness (QED) is 0.142. The number of aryl methyl sites for hydroxylation is 2. The minimum absolute atomic E-state index is 0.0447. The third kappa shape index (κ3) is 6.06. The molecule has 0 atom stereocenters. The van der Waals surface area contributed by atoms with E-state index >= 15 is 0 Å². The molecule has 1 aliphatic rings. The standard InChI is InChI=1S/C33H32N4O5S/c1-4-5-10-35-32(39)26-7-6-22(29(36-26)33(40)41)23-16-27-25(30-21(8-11-42-27)9-12-43-30)15-24(23)31(38)37-28-18(2)13-20(17-34)14-19(28)3/h4,6-7,9,12-16H,1,5,8,10-11,17,34H2,2-3H3,(H,35,39)(H,37,38)(H,40,41). The first-order valence-corrected chi connectivity index (χ1v) is 14.7. The number of thiophene rings is 1. The van der Waals surface area contributed by atoms with Crippen molar-refractivity contribution >= 4 is 34.8 Å². The molecular formula is C33H32N4O5S. The van der Waals surface area contributed by atoms with Crippen molar-refractivity contribution in [3.8, 4) is 27.3 Å². The van der Waals surface area contributed by atoms with Gasteiger partial charge in [-0.25, -0.2) is 9.78 Å². The minimum Gasteiger partial charge on any atom is -0.493 e. The van der Waals surface area contributed by atoms with Crippen LogP contribution in [0, 0.1) is 13.8 Å². The third-order valence-electron chi connectivity index (χ3n) is 7.31. The number of carboxylic acid groups (broad SMARTS) is 1. The Morgan fingerprint density at radius 1 is 1.07 bits per heavy atom. The second kappa shape index (κ2) is 12.6. The average Bonchev–Trinajstić information content (AvgIpc) is 3.39. The number of ether oxygens (including phenoxy) is 1. The summed E-state index contributed by atoms with van der Waals surface area (Å²) >= 11 is 1.56. The van der Waals surface area contributed by atoms with Gasteiger partial charge in [-0.05, 0) is 78.2 Å². The molecule has 1 aliphatic heterocycles. The number of fused-ring (bicyclic) bond motifs is 3. The van der Waals surface area contributed by atoms with E-state index in [-0.39, 0.29) is 22.5 Å². The van der Waals surface area contributed by atoms with Crippen LogP contribution in [0.15, 0.2) is 60.5 Å². The van der Waals surface area contributed by atoms with E-state index in [9.17, 15) is 19.5 Å². The fourth-order valence-corrected chi connectivity index (χ4v) is 6.20. The minimum atomic E-state index is -1.33. The van der Waals surface area contributed by atoms with Crippen LogP contribution in [0.2, 0.25) is 0 Å². The first-order chi connectivity index (χ1) is 20.7. The number of hydrogen-bond donors (Lipinski definition) is 4. The molecule has 2 aromatic heterocycles. The number of nitrogens with one attached hydrogen (secondary N) is 2. The Morgan fingerprint density at radius 3 is 2.53 bits per heavy atom. The van der Waals surface area contributed by atoms with E-state index in [1.54, 1.807) is 29.5 Å². The molecule has 3 heterocycles. The highest BCUT2D eigenvalue weighted by molar-refractivity contribution is 7.13. The van der Waals surface area contributed by atoms with Crippen LogP contribution in [0.3, 0.4) is 0 Å². The molecule has 0 saturated carbocycles. The number of carboxylic acids is 1. The van der Waals surface area contributed by atoms with Gasteiger partial charge in [0.25, 0.3) is 11.8 Å². The van der Waals surface area contributed by atoms with Crippen molar-refractivity contribution in [1.29, 1.82) is 0 Å². The number of nitrogens with zero attached hydrogens (tertiary/aromatic N) is 1. The van der Waals surface area contributed by atoms with Crippen LogP contribution >= 0.6 is 11.3 Å². The maximum Gasteiger partial charge on any atom is 0.355 e. The van der Waals surface area contributed by atoms with E-state index < -0.39 is 17.8 Å². The lowest BCUT2D eigenvalue weighted by atomic mass is 9.93. The van der Waals surface area contributed by atoms with Gasteiger partial charge in [0.1, 0.15) is 11.4 Å². The van der Waals surface area contributed by atoms with E-state index in [1.807, 2.05) is 37.4 Å². The maximum absolute atomic E-state index is 14.1. The van der Waals surface area contributed by atoms with Crippen LogP contribution in [-0.4, -0.2) is 41.0 Å². The molecule has 5 N–H and O–H groups in total. The van der Waals surface area contributed by atoms with Gasteiger partial charge in [-0.2, -0.15) is 0 Å². The van der Waals surface area contributed by atoms with Crippen molar-refractivity contribution in [3.05, 3.63) is 99.7 Å². The van der Waals surface area contributed by atoms with Gasteiger partial charge in [0, 0.05) is 52.3 Å². The molecule has 0 unspecified atom stereocenters. The number of hydrogen-bond acceptors (Lipinski definition) is 7. The van der Waals surface area contributed by atoms with E-state index in [4.69, 9.17) is 10.5 Å². The van der Waals surface area contributed by atoms with Gasteiger partial charge in [0.2, 0.25) is 0 Å². The fraction of sp³-hybridized carbons (Fsp3) is 0.212. The molecule has 4 aromatic rings. The molecule has 2 amide bonds. The van der Waals surface area contributed by atoms with Crippen molar-refractivity contribution in [2.24, 2.45) is 5.73 Å². The molecule has 10 heteroatoms. The smallest absolute Gasteiger partial charge is 0.355 e. The zero-order chi connectivity index (χ0) is 30.7. The van der Waals surface area contributed by atoms with Crippen molar-refractivity contribution in [2.45, 2.75) is 33.2 Å². The summed E-state index contributed by atoms with van der Waals surface area (Å²) < 4.78 is 6.11. The molecule has 2 aromatic carbocycles. The Hall–Kier alpha value is -4.80. The summed E-state index contributed by atoms with van der Waals surface area (Å²) in [5.74, 6) is -1.72. The highest BCUT2D eigenvalue weighted by Gasteiger charge is 2.27. The molecule has 43 heavy (non-hydrogen) atoms. The van der Waals surface area contributed by atoms with Crippen LogP contribution in [0.25, 0.3) is 21.6 Å². The van der Waals surface area contributed by atoms with E-state index in [1.165, 1.54) is 12.1 Å². The van der Waals surface area contributed by atoms with Gasteiger partial charge >= 0.3 is 5.97 Å². The molecule has 0 fully saturated rings. The predicted molar refractivity (Wildman–Crippen MR) is 168 cm³/mol. The zero-order valence-corrected chi connectivity index (χ0v) is 24.8.